The topological polar surface area (TPSA) is 77.8 Å². The average molecular weight is 472 g/mol. The molecule has 4 aromatic rings. The van der Waals surface area contributed by atoms with Crippen LogP contribution < -0.4 is 19.8 Å². The highest BCUT2D eigenvalue weighted by molar-refractivity contribution is 6.03. The van der Waals surface area contributed by atoms with Crippen molar-refractivity contribution in [3.05, 3.63) is 94.3 Å². The number of rotatable bonds is 9. The summed E-state index contributed by atoms with van der Waals surface area (Å²) in [5.74, 6) is 2.29. The molecule has 0 fully saturated rings. The van der Waals surface area contributed by atoms with Crippen LogP contribution in [0.3, 0.4) is 0 Å². The molecular formula is C28H29N3O4. The molecular weight excluding hydrogens is 442 g/mol. The lowest BCUT2D eigenvalue weighted by molar-refractivity contribution is 0.414. The van der Waals surface area contributed by atoms with E-state index in [1.54, 1.807) is 21.3 Å². The fourth-order valence-corrected chi connectivity index (χ4v) is 3.88. The third-order valence-electron chi connectivity index (χ3n) is 5.87. The monoisotopic (exact) mass is 471 g/mol. The fraction of sp³-hybridized carbons (Fsp3) is 0.214. The molecule has 0 spiro atoms. The first-order chi connectivity index (χ1) is 17.0. The van der Waals surface area contributed by atoms with Gasteiger partial charge in [0.25, 0.3) is 5.56 Å². The van der Waals surface area contributed by atoms with Crippen molar-refractivity contribution in [3.8, 4) is 34.2 Å². The number of methoxy groups -OCH3 is 3. The molecule has 4 rings (SSSR count). The van der Waals surface area contributed by atoms with Gasteiger partial charge < -0.3 is 14.2 Å². The predicted octanol–water partition coefficient (Wildman–Crippen LogP) is 4.91. The van der Waals surface area contributed by atoms with Crippen LogP contribution >= 0.6 is 0 Å². The maximum Gasteiger partial charge on any atom is 0.280 e. The Balaban J connectivity index is 1.69. The van der Waals surface area contributed by atoms with Gasteiger partial charge in [-0.25, -0.2) is 4.68 Å². The van der Waals surface area contributed by atoms with Crippen molar-refractivity contribution in [3.63, 3.8) is 0 Å². The van der Waals surface area contributed by atoms with E-state index in [-0.39, 0.29) is 5.56 Å². The molecule has 1 N–H and O–H groups in total. The Bertz CT molecular complexity index is 1350. The standard InChI is InChI=1S/C28H29N3O4/c1-19(29-18-17-20-5-11-23(33-2)12-6-20)26-27(21-7-13-24(34-3)14-8-21)30-31(28(26)32)22-9-15-25(35-4)16-10-22/h5-16,30H,17-18H2,1-4H3. The van der Waals surface area contributed by atoms with Crippen molar-refractivity contribution < 1.29 is 14.2 Å². The number of aromatic amines is 1. The Morgan fingerprint density at radius 3 is 1.86 bits per heavy atom. The molecule has 0 unspecified atom stereocenters. The molecule has 7 heteroatoms. The average Bonchev–Trinajstić information content (AvgIpc) is 3.26. The summed E-state index contributed by atoms with van der Waals surface area (Å²) in [4.78, 5) is 18.3. The lowest BCUT2D eigenvalue weighted by Gasteiger charge is -2.06. The molecule has 35 heavy (non-hydrogen) atoms. The van der Waals surface area contributed by atoms with E-state index >= 15 is 0 Å². The molecule has 3 aromatic carbocycles. The minimum atomic E-state index is -0.160. The predicted molar refractivity (Wildman–Crippen MR) is 139 cm³/mol. The first-order valence-corrected chi connectivity index (χ1v) is 11.3. The lowest BCUT2D eigenvalue weighted by atomic mass is 10.0. The number of H-pyrrole nitrogens is 1. The summed E-state index contributed by atoms with van der Waals surface area (Å²) in [6.45, 7) is 2.44. The molecule has 7 nitrogen and oxygen atoms in total. The van der Waals surface area contributed by atoms with Crippen LogP contribution in [0.4, 0.5) is 0 Å². The van der Waals surface area contributed by atoms with Crippen molar-refractivity contribution in [2.45, 2.75) is 13.3 Å². The molecule has 0 aliphatic rings. The summed E-state index contributed by atoms with van der Waals surface area (Å²) in [5.41, 5.74) is 4.50. The van der Waals surface area contributed by atoms with Crippen molar-refractivity contribution >= 4 is 5.71 Å². The normalized spacial score (nSPS) is 11.4. The van der Waals surface area contributed by atoms with E-state index in [1.165, 1.54) is 4.68 Å². The van der Waals surface area contributed by atoms with Crippen molar-refractivity contribution in [1.29, 1.82) is 0 Å². The van der Waals surface area contributed by atoms with Crippen LogP contribution in [-0.2, 0) is 6.42 Å². The van der Waals surface area contributed by atoms with Crippen LogP contribution in [-0.4, -0.2) is 43.4 Å². The largest absolute Gasteiger partial charge is 0.497 e. The van der Waals surface area contributed by atoms with Gasteiger partial charge in [-0.3, -0.25) is 14.9 Å². The summed E-state index contributed by atoms with van der Waals surface area (Å²) < 4.78 is 17.3. The van der Waals surface area contributed by atoms with Gasteiger partial charge in [0, 0.05) is 17.8 Å². The summed E-state index contributed by atoms with van der Waals surface area (Å²) in [7, 11) is 4.89. The zero-order valence-electron chi connectivity index (χ0n) is 20.4. The zero-order valence-corrected chi connectivity index (χ0v) is 20.4. The van der Waals surface area contributed by atoms with Gasteiger partial charge in [-0.05, 0) is 79.6 Å². The molecule has 0 atom stereocenters. The van der Waals surface area contributed by atoms with Crippen molar-refractivity contribution in [1.82, 2.24) is 9.78 Å². The van der Waals surface area contributed by atoms with Gasteiger partial charge in [-0.15, -0.1) is 0 Å². The van der Waals surface area contributed by atoms with Crippen molar-refractivity contribution in [2.75, 3.05) is 27.9 Å². The highest BCUT2D eigenvalue weighted by atomic mass is 16.5. The van der Waals surface area contributed by atoms with Crippen molar-refractivity contribution in [2.24, 2.45) is 4.99 Å². The second-order valence-corrected chi connectivity index (χ2v) is 7.99. The van der Waals surface area contributed by atoms with E-state index < -0.39 is 0 Å². The number of aromatic nitrogens is 2. The Kier molecular flexibility index (Phi) is 7.35. The van der Waals surface area contributed by atoms with Gasteiger partial charge in [0.2, 0.25) is 0 Å². The quantitative estimate of drug-likeness (QED) is 0.352. The summed E-state index contributed by atoms with van der Waals surface area (Å²) in [6.07, 6.45) is 0.760. The Morgan fingerprint density at radius 1 is 0.800 bits per heavy atom. The SMILES string of the molecule is COc1ccc(CCN=C(C)c2c(-c3ccc(OC)cc3)[nH]n(-c3ccc(OC)cc3)c2=O)cc1. The number of nitrogens with one attached hydrogen (secondary N) is 1. The number of nitrogens with zero attached hydrogens (tertiary/aromatic N) is 2. The van der Waals surface area contributed by atoms with E-state index in [1.807, 2.05) is 79.7 Å². The number of hydrogen-bond donors (Lipinski definition) is 1. The van der Waals surface area contributed by atoms with E-state index in [0.717, 1.165) is 34.8 Å². The van der Waals surface area contributed by atoms with Crippen LogP contribution in [0.2, 0.25) is 0 Å². The minimum Gasteiger partial charge on any atom is -0.497 e. The fourth-order valence-electron chi connectivity index (χ4n) is 3.88. The Hall–Kier alpha value is -4.26. The number of benzene rings is 3. The molecule has 0 aliphatic carbocycles. The number of ether oxygens (including phenoxy) is 3. The molecule has 0 saturated carbocycles. The second kappa shape index (κ2) is 10.8. The molecule has 180 valence electrons. The van der Waals surface area contributed by atoms with Crippen LogP contribution in [0.5, 0.6) is 17.2 Å². The van der Waals surface area contributed by atoms with Crippen LogP contribution in [0.1, 0.15) is 18.1 Å². The molecule has 0 amide bonds. The first-order valence-electron chi connectivity index (χ1n) is 11.3. The van der Waals surface area contributed by atoms with Gasteiger partial charge in [0.15, 0.2) is 0 Å². The van der Waals surface area contributed by atoms with E-state index in [4.69, 9.17) is 19.2 Å². The minimum absolute atomic E-state index is 0.160. The highest BCUT2D eigenvalue weighted by Gasteiger charge is 2.19. The number of aliphatic imine (C=N–C) groups is 1. The van der Waals surface area contributed by atoms with E-state index in [9.17, 15) is 4.79 Å². The molecule has 0 bridgehead atoms. The summed E-state index contributed by atoms with van der Waals surface area (Å²) in [5, 5.41) is 3.29. The molecule has 1 heterocycles. The molecule has 0 radical (unpaired) electrons. The second-order valence-electron chi connectivity index (χ2n) is 7.99. The van der Waals surface area contributed by atoms with E-state index in [0.29, 0.717) is 29.2 Å². The molecule has 0 saturated heterocycles. The lowest BCUT2D eigenvalue weighted by Crippen LogP contribution is -2.19. The Morgan fingerprint density at radius 2 is 1.31 bits per heavy atom. The van der Waals surface area contributed by atoms with Crippen LogP contribution in [0, 0.1) is 0 Å². The van der Waals surface area contributed by atoms with Gasteiger partial charge in [0.1, 0.15) is 17.2 Å². The molecule has 0 aliphatic heterocycles. The first kappa shape index (κ1) is 23.9. The number of hydrogen-bond acceptors (Lipinski definition) is 5. The van der Waals surface area contributed by atoms with Gasteiger partial charge in [-0.2, -0.15) is 0 Å². The third kappa shape index (κ3) is 5.30. The van der Waals surface area contributed by atoms with E-state index in [2.05, 4.69) is 5.10 Å². The Labute approximate surface area is 204 Å². The maximum atomic E-state index is 13.6. The van der Waals surface area contributed by atoms with Crippen LogP contribution in [0.15, 0.2) is 82.6 Å². The summed E-state index contributed by atoms with van der Waals surface area (Å²) >= 11 is 0. The molecule has 1 aromatic heterocycles. The summed E-state index contributed by atoms with van der Waals surface area (Å²) in [6, 6.07) is 22.9. The smallest absolute Gasteiger partial charge is 0.280 e. The third-order valence-corrected chi connectivity index (χ3v) is 5.87. The van der Waals surface area contributed by atoms with Gasteiger partial charge in [-0.1, -0.05) is 12.1 Å². The van der Waals surface area contributed by atoms with Gasteiger partial charge >= 0.3 is 0 Å². The van der Waals surface area contributed by atoms with Crippen LogP contribution in [0.25, 0.3) is 16.9 Å². The maximum absolute atomic E-state index is 13.6. The van der Waals surface area contributed by atoms with Gasteiger partial charge in [0.05, 0.1) is 38.3 Å². The zero-order chi connectivity index (χ0) is 24.8. The highest BCUT2D eigenvalue weighted by Crippen LogP contribution is 2.25.